The average Bonchev–Trinajstić information content (AvgIpc) is 2.54. The molecule has 0 aromatic heterocycles. The van der Waals surface area contributed by atoms with Gasteiger partial charge in [0, 0.05) is 17.3 Å². The summed E-state index contributed by atoms with van der Waals surface area (Å²) in [6, 6.07) is 5.18. The maximum absolute atomic E-state index is 11.9. The van der Waals surface area contributed by atoms with Gasteiger partial charge in [0.05, 0.1) is 6.61 Å². The van der Waals surface area contributed by atoms with Crippen LogP contribution in [0.4, 0.5) is 0 Å². The molecule has 4 nitrogen and oxygen atoms in total. The highest BCUT2D eigenvalue weighted by Gasteiger charge is 2.29. The molecule has 0 unspecified atom stereocenters. The number of rotatable bonds is 12. The van der Waals surface area contributed by atoms with E-state index in [1.807, 2.05) is 12.1 Å². The summed E-state index contributed by atoms with van der Waals surface area (Å²) < 4.78 is 35.2. The van der Waals surface area contributed by atoms with Crippen LogP contribution < -0.4 is 4.74 Å². The molecule has 0 saturated heterocycles. The van der Waals surface area contributed by atoms with Gasteiger partial charge in [0.2, 0.25) is 0 Å². The predicted octanol–water partition coefficient (Wildman–Crippen LogP) is 6.30. The Kier molecular flexibility index (Phi) is 9.78. The molecule has 1 rings (SSSR count). The Labute approximate surface area is 176 Å². The third kappa shape index (κ3) is 9.15. The first-order chi connectivity index (χ1) is 12.9. The van der Waals surface area contributed by atoms with Crippen LogP contribution in [-0.4, -0.2) is 28.2 Å². The summed E-state index contributed by atoms with van der Waals surface area (Å²) in [5.74, 6) is 0.295. The van der Waals surface area contributed by atoms with E-state index in [0.717, 1.165) is 24.8 Å². The van der Waals surface area contributed by atoms with Crippen LogP contribution in [0.5, 0.6) is 5.75 Å². The lowest BCUT2D eigenvalue weighted by atomic mass is 9.72. The van der Waals surface area contributed by atoms with E-state index in [4.69, 9.17) is 20.2 Å². The zero-order valence-electron chi connectivity index (χ0n) is 18.3. The van der Waals surface area contributed by atoms with E-state index in [1.165, 1.54) is 12.8 Å². The van der Waals surface area contributed by atoms with Gasteiger partial charge < -0.3 is 9.47 Å². The first kappa shape index (κ1) is 25.3. The van der Waals surface area contributed by atoms with Gasteiger partial charge >= 0.3 is 0 Å². The first-order valence-electron chi connectivity index (χ1n) is 10.2. The van der Waals surface area contributed by atoms with Gasteiger partial charge in [0.15, 0.2) is 0 Å². The maximum atomic E-state index is 11.9. The van der Waals surface area contributed by atoms with Crippen molar-refractivity contribution in [3.63, 3.8) is 0 Å². The summed E-state index contributed by atoms with van der Waals surface area (Å²) in [4.78, 5) is 0.00687. The fraction of sp³-hybridized carbons (Fsp3) is 0.727. The summed E-state index contributed by atoms with van der Waals surface area (Å²) in [5.41, 5.74) is 1.05. The van der Waals surface area contributed by atoms with Gasteiger partial charge in [0.1, 0.15) is 17.3 Å². The predicted molar refractivity (Wildman–Crippen MR) is 117 cm³/mol. The summed E-state index contributed by atoms with van der Waals surface area (Å²) in [7, 11) is 1.73. The molecule has 0 fully saturated rings. The van der Waals surface area contributed by atoms with Crippen molar-refractivity contribution in [1.29, 1.82) is 0 Å². The van der Waals surface area contributed by atoms with Gasteiger partial charge in [-0.1, -0.05) is 66.9 Å². The molecule has 0 radical (unpaired) electrons. The van der Waals surface area contributed by atoms with Crippen LogP contribution in [0.3, 0.4) is 0 Å². The third-order valence-corrected chi connectivity index (χ3v) is 5.95. The highest BCUT2D eigenvalue weighted by atomic mass is 35.7. The van der Waals surface area contributed by atoms with E-state index in [-0.39, 0.29) is 22.3 Å². The molecule has 0 N–H and O–H groups in total. The van der Waals surface area contributed by atoms with Crippen molar-refractivity contribution in [1.82, 2.24) is 0 Å². The van der Waals surface area contributed by atoms with Crippen molar-refractivity contribution in [3.8, 4) is 5.75 Å². The zero-order valence-corrected chi connectivity index (χ0v) is 19.9. The first-order valence-corrected chi connectivity index (χ1v) is 12.5. The SMILES string of the molecule is CCCCCCOCCOc1cc(C(C)(C)CC(C)(C)C)ccc1S(=O)(=O)Cl. The van der Waals surface area contributed by atoms with E-state index in [9.17, 15) is 8.42 Å². The molecule has 0 heterocycles. The summed E-state index contributed by atoms with van der Waals surface area (Å²) in [5, 5.41) is 0. The minimum atomic E-state index is -3.88. The van der Waals surface area contributed by atoms with Crippen LogP contribution >= 0.6 is 10.7 Å². The Balaban J connectivity index is 2.84. The Morgan fingerprint density at radius 1 is 0.964 bits per heavy atom. The fourth-order valence-corrected chi connectivity index (χ4v) is 4.59. The lowest BCUT2D eigenvalue weighted by molar-refractivity contribution is 0.0961. The van der Waals surface area contributed by atoms with E-state index < -0.39 is 9.05 Å². The van der Waals surface area contributed by atoms with Crippen molar-refractivity contribution in [2.45, 2.75) is 84.0 Å². The van der Waals surface area contributed by atoms with Crippen LogP contribution in [0.1, 0.15) is 79.2 Å². The molecule has 0 aliphatic heterocycles. The zero-order chi connectivity index (χ0) is 21.4. The van der Waals surface area contributed by atoms with Crippen LogP contribution in [0, 0.1) is 5.41 Å². The average molecular weight is 433 g/mol. The molecule has 0 aliphatic carbocycles. The maximum Gasteiger partial charge on any atom is 0.264 e. The van der Waals surface area contributed by atoms with Crippen LogP contribution in [0.15, 0.2) is 23.1 Å². The van der Waals surface area contributed by atoms with Crippen molar-refractivity contribution in [3.05, 3.63) is 23.8 Å². The number of hydrogen-bond acceptors (Lipinski definition) is 4. The minimum Gasteiger partial charge on any atom is -0.490 e. The summed E-state index contributed by atoms with van der Waals surface area (Å²) >= 11 is 0. The van der Waals surface area contributed by atoms with E-state index in [2.05, 4.69) is 41.5 Å². The number of benzene rings is 1. The van der Waals surface area contributed by atoms with Gasteiger partial charge in [-0.15, -0.1) is 0 Å². The molecule has 1 aromatic carbocycles. The van der Waals surface area contributed by atoms with Gasteiger partial charge in [0.25, 0.3) is 9.05 Å². The molecule has 28 heavy (non-hydrogen) atoms. The molecular weight excluding hydrogens is 396 g/mol. The van der Waals surface area contributed by atoms with Crippen LogP contribution in [0.25, 0.3) is 0 Å². The van der Waals surface area contributed by atoms with Crippen LogP contribution in [-0.2, 0) is 19.2 Å². The Bertz CT molecular complexity index is 706. The van der Waals surface area contributed by atoms with Crippen molar-refractivity contribution in [2.24, 2.45) is 5.41 Å². The van der Waals surface area contributed by atoms with Gasteiger partial charge in [-0.25, -0.2) is 8.42 Å². The second kappa shape index (κ2) is 10.8. The Morgan fingerprint density at radius 3 is 2.21 bits per heavy atom. The quantitative estimate of drug-likeness (QED) is 0.287. The molecular formula is C22H37ClO4S. The van der Waals surface area contributed by atoms with Gasteiger partial charge in [-0.2, -0.15) is 0 Å². The summed E-state index contributed by atoms with van der Waals surface area (Å²) in [6.07, 6.45) is 5.56. The van der Waals surface area contributed by atoms with E-state index in [0.29, 0.717) is 19.0 Å². The van der Waals surface area contributed by atoms with E-state index in [1.54, 1.807) is 6.07 Å². The largest absolute Gasteiger partial charge is 0.490 e. The second-order valence-electron chi connectivity index (χ2n) is 9.24. The highest BCUT2D eigenvalue weighted by Crippen LogP contribution is 2.39. The number of ether oxygens (including phenoxy) is 2. The molecule has 1 aromatic rings. The summed E-state index contributed by atoms with van der Waals surface area (Å²) in [6.45, 7) is 14.5. The number of hydrogen-bond donors (Lipinski definition) is 0. The highest BCUT2D eigenvalue weighted by molar-refractivity contribution is 8.13. The lowest BCUT2D eigenvalue weighted by Gasteiger charge is -2.33. The fourth-order valence-electron chi connectivity index (χ4n) is 3.61. The standard InChI is InChI=1S/C22H37ClO4S/c1-7-8-9-10-13-26-14-15-27-19-16-18(11-12-20(19)28(23,24)25)22(5,6)17-21(2,3)4/h11-12,16H,7-10,13-15,17H2,1-6H3. The van der Waals surface area contributed by atoms with E-state index >= 15 is 0 Å². The Morgan fingerprint density at radius 2 is 1.64 bits per heavy atom. The van der Waals surface area contributed by atoms with Crippen molar-refractivity contribution in [2.75, 3.05) is 19.8 Å². The normalized spacial score (nSPS) is 13.0. The van der Waals surface area contributed by atoms with Gasteiger partial charge in [-0.3, -0.25) is 0 Å². The molecule has 0 bridgehead atoms. The van der Waals surface area contributed by atoms with Crippen molar-refractivity contribution >= 4 is 19.7 Å². The molecule has 162 valence electrons. The Hall–Kier alpha value is -0.780. The minimum absolute atomic E-state index is 0.00687. The van der Waals surface area contributed by atoms with Crippen LogP contribution in [0.2, 0.25) is 0 Å². The third-order valence-electron chi connectivity index (χ3n) is 4.59. The number of unbranched alkanes of at least 4 members (excludes halogenated alkanes) is 3. The molecule has 0 aliphatic rings. The second-order valence-corrected chi connectivity index (χ2v) is 11.8. The molecule has 0 spiro atoms. The molecule has 0 amide bonds. The number of halogens is 1. The molecule has 0 atom stereocenters. The molecule has 6 heteroatoms. The monoisotopic (exact) mass is 432 g/mol. The lowest BCUT2D eigenvalue weighted by Crippen LogP contribution is -2.25. The smallest absolute Gasteiger partial charge is 0.264 e. The van der Waals surface area contributed by atoms with Gasteiger partial charge in [-0.05, 0) is 41.4 Å². The topological polar surface area (TPSA) is 52.6 Å². The molecule has 0 saturated carbocycles. The van der Waals surface area contributed by atoms with Crippen molar-refractivity contribution < 1.29 is 17.9 Å².